The first kappa shape index (κ1) is 19.2. The first-order valence-corrected chi connectivity index (χ1v) is 8.16. The molecule has 3 aromatic rings. The van der Waals surface area contributed by atoms with Gasteiger partial charge in [0.1, 0.15) is 31.2 Å². The molecule has 29 heavy (non-hydrogen) atoms. The molecule has 12 nitrogen and oxygen atoms in total. The molecule has 15 heteroatoms. The number of aliphatic hydroxyl groups excluding tert-OH is 2. The fourth-order valence-corrected chi connectivity index (χ4v) is 3.06. The van der Waals surface area contributed by atoms with Crippen molar-refractivity contribution in [1.82, 2.24) is 39.6 Å². The highest BCUT2D eigenvalue weighted by Gasteiger charge is 2.49. The summed E-state index contributed by atoms with van der Waals surface area (Å²) in [4.78, 5) is 23.6. The van der Waals surface area contributed by atoms with E-state index in [1.807, 2.05) is 0 Å². The Balaban J connectivity index is 1.67. The van der Waals surface area contributed by atoms with Gasteiger partial charge in [0.15, 0.2) is 23.2 Å². The van der Waals surface area contributed by atoms with Gasteiger partial charge in [0.05, 0.1) is 19.0 Å². The monoisotopic (exact) mass is 414 g/mol. The third kappa shape index (κ3) is 3.28. The number of imidazole rings is 1. The molecule has 3 N–H and O–H groups in total. The van der Waals surface area contributed by atoms with E-state index in [1.165, 1.54) is 34.4 Å². The van der Waals surface area contributed by atoms with Gasteiger partial charge in [-0.1, -0.05) is 0 Å². The van der Waals surface area contributed by atoms with Gasteiger partial charge in [-0.3, -0.25) is 13.9 Å². The number of halogens is 3. The predicted octanol–water partition coefficient (Wildman–Crippen LogP) is -1.30. The highest BCUT2D eigenvalue weighted by molar-refractivity contribution is 5.82. The van der Waals surface area contributed by atoms with Crippen molar-refractivity contribution in [3.63, 3.8) is 0 Å². The van der Waals surface area contributed by atoms with Crippen LogP contribution in [0, 0.1) is 0 Å². The molecule has 154 valence electrons. The summed E-state index contributed by atoms with van der Waals surface area (Å²) in [6.45, 7) is -0.732. The van der Waals surface area contributed by atoms with Gasteiger partial charge in [-0.2, -0.15) is 13.2 Å². The molecule has 0 aromatic carbocycles. The molecule has 1 fully saturated rings. The molecular formula is C14H13F3N8O4. The Morgan fingerprint density at radius 2 is 1.93 bits per heavy atom. The molecule has 1 aliphatic rings. The zero-order chi connectivity index (χ0) is 20.8. The van der Waals surface area contributed by atoms with Crippen molar-refractivity contribution < 1.29 is 32.9 Å². The van der Waals surface area contributed by atoms with Crippen LogP contribution in [-0.4, -0.2) is 81.4 Å². The number of rotatable bonds is 4. The Bertz CT molecular complexity index is 1020. The van der Waals surface area contributed by atoms with Crippen LogP contribution in [0.4, 0.5) is 13.2 Å². The van der Waals surface area contributed by atoms with Crippen molar-refractivity contribution in [3.8, 4) is 5.82 Å². The number of amides is 1. The largest absolute Gasteiger partial charge is 0.471 e. The highest BCUT2D eigenvalue weighted by Crippen LogP contribution is 2.32. The first-order valence-electron chi connectivity index (χ1n) is 8.16. The van der Waals surface area contributed by atoms with E-state index in [-0.39, 0.29) is 11.2 Å². The lowest BCUT2D eigenvalue weighted by atomic mass is 10.1. The van der Waals surface area contributed by atoms with Gasteiger partial charge in [-0.15, -0.1) is 10.2 Å². The second-order valence-corrected chi connectivity index (χ2v) is 6.13. The van der Waals surface area contributed by atoms with Gasteiger partial charge in [-0.05, 0) is 0 Å². The lowest BCUT2D eigenvalue weighted by Crippen LogP contribution is -2.52. The maximum absolute atomic E-state index is 12.6. The highest BCUT2D eigenvalue weighted by atomic mass is 19.4. The van der Waals surface area contributed by atoms with E-state index in [0.29, 0.717) is 5.82 Å². The van der Waals surface area contributed by atoms with Gasteiger partial charge in [0.2, 0.25) is 0 Å². The first-order chi connectivity index (χ1) is 13.8. The molecule has 0 unspecified atom stereocenters. The van der Waals surface area contributed by atoms with Crippen molar-refractivity contribution in [2.24, 2.45) is 0 Å². The molecule has 4 heterocycles. The summed E-state index contributed by atoms with van der Waals surface area (Å²) in [7, 11) is 0. The fourth-order valence-electron chi connectivity index (χ4n) is 3.06. The van der Waals surface area contributed by atoms with Crippen molar-refractivity contribution in [1.29, 1.82) is 0 Å². The topological polar surface area (TPSA) is 153 Å². The van der Waals surface area contributed by atoms with Crippen LogP contribution in [0.3, 0.4) is 0 Å². The number of hydrogen-bond donors (Lipinski definition) is 3. The van der Waals surface area contributed by atoms with Crippen LogP contribution in [0.1, 0.15) is 6.23 Å². The van der Waals surface area contributed by atoms with Gasteiger partial charge in [0, 0.05) is 0 Å². The maximum atomic E-state index is 12.6. The lowest BCUT2D eigenvalue weighted by molar-refractivity contribution is -0.175. The van der Waals surface area contributed by atoms with Crippen molar-refractivity contribution >= 4 is 17.1 Å². The maximum Gasteiger partial charge on any atom is 0.471 e. The Morgan fingerprint density at radius 3 is 2.59 bits per heavy atom. The lowest BCUT2D eigenvalue weighted by Gasteiger charge is -2.21. The number of carbonyl (C=O) groups is 1. The van der Waals surface area contributed by atoms with Gasteiger partial charge >= 0.3 is 12.1 Å². The number of aliphatic hydroxyl groups is 2. The van der Waals surface area contributed by atoms with Crippen LogP contribution in [0.15, 0.2) is 25.3 Å². The van der Waals surface area contributed by atoms with E-state index in [2.05, 4.69) is 25.1 Å². The molecule has 1 saturated heterocycles. The minimum Gasteiger partial charge on any atom is -0.394 e. The SMILES string of the molecule is O=C(N[C@H]1[C@@H](O)[C@H](n2cnc3c(-n4cnnc4)ncnc32)O[C@@H]1CO)C(F)(F)F. The summed E-state index contributed by atoms with van der Waals surface area (Å²) < 4.78 is 46.0. The van der Waals surface area contributed by atoms with E-state index in [0.717, 1.165) is 0 Å². The van der Waals surface area contributed by atoms with Crippen LogP contribution >= 0.6 is 0 Å². The number of nitrogens with one attached hydrogen (secondary N) is 1. The molecule has 0 bridgehead atoms. The Hall–Kier alpha value is -3.17. The van der Waals surface area contributed by atoms with E-state index in [9.17, 15) is 28.2 Å². The van der Waals surface area contributed by atoms with Gasteiger partial charge in [-0.25, -0.2) is 15.0 Å². The van der Waals surface area contributed by atoms with Crippen molar-refractivity contribution in [3.05, 3.63) is 25.3 Å². The van der Waals surface area contributed by atoms with E-state index in [1.54, 1.807) is 5.32 Å². The van der Waals surface area contributed by atoms with Crippen LogP contribution < -0.4 is 5.32 Å². The Kier molecular flexibility index (Phi) is 4.64. The summed E-state index contributed by atoms with van der Waals surface area (Å²) in [5.74, 6) is -1.93. The van der Waals surface area contributed by atoms with Crippen LogP contribution in [0.5, 0.6) is 0 Å². The van der Waals surface area contributed by atoms with Crippen LogP contribution in [-0.2, 0) is 9.53 Å². The molecule has 4 rings (SSSR count). The fraction of sp³-hybridized carbons (Fsp3) is 0.429. The minimum absolute atomic E-state index is 0.201. The van der Waals surface area contributed by atoms with E-state index in [4.69, 9.17) is 4.74 Å². The second-order valence-electron chi connectivity index (χ2n) is 6.13. The number of fused-ring (bicyclic) bond motifs is 1. The number of alkyl halides is 3. The Labute approximate surface area is 159 Å². The molecular weight excluding hydrogens is 401 g/mol. The molecule has 3 aromatic heterocycles. The molecule has 0 saturated carbocycles. The molecule has 1 amide bonds. The van der Waals surface area contributed by atoms with E-state index < -0.39 is 43.2 Å². The Morgan fingerprint density at radius 1 is 1.21 bits per heavy atom. The van der Waals surface area contributed by atoms with E-state index >= 15 is 0 Å². The smallest absolute Gasteiger partial charge is 0.394 e. The average Bonchev–Trinajstić information content (AvgIpc) is 3.41. The summed E-state index contributed by atoms with van der Waals surface area (Å²) in [5.41, 5.74) is 0.485. The molecule has 0 radical (unpaired) electrons. The predicted molar refractivity (Wildman–Crippen MR) is 85.2 cm³/mol. The van der Waals surface area contributed by atoms with Gasteiger partial charge in [0.25, 0.3) is 0 Å². The third-order valence-corrected chi connectivity index (χ3v) is 4.39. The zero-order valence-corrected chi connectivity index (χ0v) is 14.3. The summed E-state index contributed by atoms with van der Waals surface area (Å²) in [6.07, 6.45) is -4.09. The average molecular weight is 414 g/mol. The standard InChI is InChI=1S/C14H13F3N8O4/c15-14(16,17)13(28)23-7-6(1-26)29-12(9(7)27)25-3-20-8-10(18-2-19-11(8)25)24-4-21-22-5-24/h2-7,9,12,26-27H,1H2,(H,23,28)/t6-,7-,9-,12-/m1/s1. The molecule has 0 spiro atoms. The normalized spacial score (nSPS) is 24.9. The summed E-state index contributed by atoms with van der Waals surface area (Å²) in [6, 6.07) is -1.50. The number of carbonyl (C=O) groups excluding carboxylic acids is 1. The zero-order valence-electron chi connectivity index (χ0n) is 14.3. The second kappa shape index (κ2) is 7.02. The van der Waals surface area contributed by atoms with Crippen molar-refractivity contribution in [2.45, 2.75) is 30.7 Å². The van der Waals surface area contributed by atoms with Crippen molar-refractivity contribution in [2.75, 3.05) is 6.61 Å². The summed E-state index contributed by atoms with van der Waals surface area (Å²) >= 11 is 0. The molecule has 0 aliphatic carbocycles. The molecule has 1 aliphatic heterocycles. The number of ether oxygens (including phenoxy) is 1. The summed E-state index contributed by atoms with van der Waals surface area (Å²) in [5, 5.41) is 28.9. The van der Waals surface area contributed by atoms with Crippen LogP contribution in [0.2, 0.25) is 0 Å². The quantitative estimate of drug-likeness (QED) is 0.473. The molecule has 4 atom stereocenters. The minimum atomic E-state index is -5.15. The van der Waals surface area contributed by atoms with Gasteiger partial charge < -0.3 is 20.3 Å². The number of aromatic nitrogens is 7. The van der Waals surface area contributed by atoms with Crippen LogP contribution in [0.25, 0.3) is 17.0 Å². The third-order valence-electron chi connectivity index (χ3n) is 4.39. The number of hydrogen-bond acceptors (Lipinski definition) is 9. The number of nitrogens with zero attached hydrogens (tertiary/aromatic N) is 7.